The van der Waals surface area contributed by atoms with Crippen LogP contribution < -0.4 is 24.0 Å². The summed E-state index contributed by atoms with van der Waals surface area (Å²) in [5, 5.41) is 0. The highest BCUT2D eigenvalue weighted by atomic mass is 127. The van der Waals surface area contributed by atoms with E-state index in [1.165, 1.54) is 37.0 Å². The maximum absolute atomic E-state index is 2.45. The van der Waals surface area contributed by atoms with Crippen LogP contribution in [0.1, 0.15) is 19.8 Å². The second-order valence-electron chi connectivity index (χ2n) is 4.54. The molecule has 2 rings (SSSR count). The molecule has 0 N–H and O–H groups in total. The molecular weight excluding hydrogens is 237 g/mol. The number of rotatable bonds is 0. The van der Waals surface area contributed by atoms with Gasteiger partial charge in [0.25, 0.3) is 0 Å². The molecule has 0 aliphatic carbocycles. The van der Waals surface area contributed by atoms with Gasteiger partial charge in [0.1, 0.15) is 0 Å². The van der Waals surface area contributed by atoms with Crippen LogP contribution in [0.5, 0.6) is 0 Å². The molecular formula is C8H16IN. The SMILES string of the molecule is CC12CC[N+](C)(CC1)C2.[I-]. The summed E-state index contributed by atoms with van der Waals surface area (Å²) in [4.78, 5) is 0. The molecule has 0 amide bonds. The third-order valence-corrected chi connectivity index (χ3v) is 3.27. The van der Waals surface area contributed by atoms with Gasteiger partial charge in [0, 0.05) is 18.3 Å². The average Bonchev–Trinajstić information content (AvgIpc) is 2.19. The molecule has 2 aliphatic rings. The Morgan fingerprint density at radius 3 is 1.80 bits per heavy atom. The van der Waals surface area contributed by atoms with Gasteiger partial charge in [-0.1, -0.05) is 6.92 Å². The number of fused-ring (bicyclic) bond motifs is 2. The van der Waals surface area contributed by atoms with Gasteiger partial charge in [0.15, 0.2) is 0 Å². The lowest BCUT2D eigenvalue weighted by Crippen LogP contribution is -3.00. The molecule has 0 aromatic rings. The van der Waals surface area contributed by atoms with E-state index in [1.54, 1.807) is 0 Å². The Hall–Kier alpha value is 0.690. The summed E-state index contributed by atoms with van der Waals surface area (Å²) in [6.45, 7) is 6.78. The van der Waals surface area contributed by atoms with Gasteiger partial charge in [0.05, 0.1) is 26.7 Å². The van der Waals surface area contributed by atoms with Crippen molar-refractivity contribution >= 4 is 0 Å². The van der Waals surface area contributed by atoms with Crippen LogP contribution in [0.4, 0.5) is 0 Å². The van der Waals surface area contributed by atoms with Crippen LogP contribution in [0.25, 0.3) is 0 Å². The van der Waals surface area contributed by atoms with Gasteiger partial charge >= 0.3 is 0 Å². The third kappa shape index (κ3) is 1.20. The zero-order valence-electron chi connectivity index (χ0n) is 6.86. The molecule has 0 aromatic carbocycles. The predicted molar refractivity (Wildman–Crippen MR) is 38.1 cm³/mol. The Balaban J connectivity index is 0.000000500. The molecule has 2 bridgehead atoms. The zero-order valence-corrected chi connectivity index (χ0v) is 9.02. The van der Waals surface area contributed by atoms with Crippen LogP contribution in [0.2, 0.25) is 0 Å². The van der Waals surface area contributed by atoms with Crippen molar-refractivity contribution < 1.29 is 28.5 Å². The van der Waals surface area contributed by atoms with E-state index in [9.17, 15) is 0 Å². The monoisotopic (exact) mass is 253 g/mol. The smallest absolute Gasteiger partial charge is 0.0843 e. The Morgan fingerprint density at radius 1 is 1.20 bits per heavy atom. The molecule has 0 saturated carbocycles. The Morgan fingerprint density at radius 2 is 1.70 bits per heavy atom. The van der Waals surface area contributed by atoms with Crippen LogP contribution in [0.3, 0.4) is 0 Å². The molecule has 2 saturated heterocycles. The standard InChI is InChI=1S/C8H16N.HI/c1-8-3-5-9(2,7-8)6-4-8;/h3-7H2,1-2H3;1H/q+1;/p-1. The van der Waals surface area contributed by atoms with Crippen molar-refractivity contribution in [3.63, 3.8) is 0 Å². The fourth-order valence-electron chi connectivity index (χ4n) is 2.55. The highest BCUT2D eigenvalue weighted by molar-refractivity contribution is 4.84. The third-order valence-electron chi connectivity index (χ3n) is 3.27. The fraction of sp³-hybridized carbons (Fsp3) is 1.00. The van der Waals surface area contributed by atoms with Crippen molar-refractivity contribution in [1.29, 1.82) is 0 Å². The van der Waals surface area contributed by atoms with E-state index in [4.69, 9.17) is 0 Å². The second kappa shape index (κ2) is 2.34. The molecule has 0 aromatic heterocycles. The molecule has 2 heteroatoms. The summed E-state index contributed by atoms with van der Waals surface area (Å²) in [5.41, 5.74) is 0.745. The first-order chi connectivity index (χ1) is 4.12. The molecule has 10 heavy (non-hydrogen) atoms. The minimum atomic E-state index is 0. The van der Waals surface area contributed by atoms with Crippen molar-refractivity contribution in [2.75, 3.05) is 26.7 Å². The predicted octanol–water partition coefficient (Wildman–Crippen LogP) is -1.75. The number of halogens is 1. The van der Waals surface area contributed by atoms with Gasteiger partial charge in [-0.3, -0.25) is 0 Å². The maximum Gasteiger partial charge on any atom is 0.0843 e. The number of nitrogens with zero attached hydrogens (tertiary/aromatic N) is 1. The summed E-state index contributed by atoms with van der Waals surface area (Å²) >= 11 is 0. The normalized spacial score (nSPS) is 51.0. The van der Waals surface area contributed by atoms with Gasteiger partial charge < -0.3 is 28.5 Å². The van der Waals surface area contributed by atoms with E-state index in [-0.39, 0.29) is 24.0 Å². The highest BCUT2D eigenvalue weighted by Gasteiger charge is 2.49. The summed E-state index contributed by atoms with van der Waals surface area (Å²) in [6, 6.07) is 0. The minimum absolute atomic E-state index is 0. The van der Waals surface area contributed by atoms with E-state index in [2.05, 4.69) is 14.0 Å². The number of hydrogen-bond donors (Lipinski definition) is 0. The molecule has 0 atom stereocenters. The van der Waals surface area contributed by atoms with Crippen molar-refractivity contribution in [2.45, 2.75) is 19.8 Å². The summed E-state index contributed by atoms with van der Waals surface area (Å²) in [6.07, 6.45) is 2.95. The first kappa shape index (κ1) is 8.78. The van der Waals surface area contributed by atoms with Crippen molar-refractivity contribution in [2.24, 2.45) is 5.41 Å². The first-order valence-electron chi connectivity index (χ1n) is 3.96. The molecule has 0 radical (unpaired) electrons. The summed E-state index contributed by atoms with van der Waals surface area (Å²) in [7, 11) is 2.40. The Kier molecular flexibility index (Phi) is 2.05. The lowest BCUT2D eigenvalue weighted by atomic mass is 9.87. The van der Waals surface area contributed by atoms with Crippen molar-refractivity contribution in [3.05, 3.63) is 0 Å². The second-order valence-corrected chi connectivity index (χ2v) is 4.54. The lowest BCUT2D eigenvalue weighted by molar-refractivity contribution is -0.890. The number of hydrogen-bond acceptors (Lipinski definition) is 0. The topological polar surface area (TPSA) is 0 Å². The molecule has 1 nitrogen and oxygen atoms in total. The van der Waals surface area contributed by atoms with E-state index in [0.717, 1.165) is 5.41 Å². The van der Waals surface area contributed by atoms with Gasteiger partial charge in [-0.25, -0.2) is 0 Å². The van der Waals surface area contributed by atoms with Crippen LogP contribution in [-0.4, -0.2) is 31.2 Å². The molecule has 60 valence electrons. The van der Waals surface area contributed by atoms with Crippen molar-refractivity contribution in [1.82, 2.24) is 0 Å². The molecule has 0 spiro atoms. The first-order valence-corrected chi connectivity index (χ1v) is 3.96. The van der Waals surface area contributed by atoms with Gasteiger partial charge in [-0.15, -0.1) is 0 Å². The van der Waals surface area contributed by atoms with Crippen molar-refractivity contribution in [3.8, 4) is 0 Å². The van der Waals surface area contributed by atoms with Gasteiger partial charge in [0.2, 0.25) is 0 Å². The average molecular weight is 253 g/mol. The Bertz CT molecular complexity index is 120. The quantitative estimate of drug-likeness (QED) is 0.355. The largest absolute Gasteiger partial charge is 1.00 e. The highest BCUT2D eigenvalue weighted by Crippen LogP contribution is 2.43. The molecule has 0 unspecified atom stereocenters. The molecule has 2 aliphatic heterocycles. The number of quaternary nitrogens is 1. The zero-order chi connectivity index (χ0) is 6.54. The minimum Gasteiger partial charge on any atom is -1.00 e. The summed E-state index contributed by atoms with van der Waals surface area (Å²) in [5.74, 6) is 0. The number of piperidine rings is 1. The van der Waals surface area contributed by atoms with Crippen LogP contribution >= 0.6 is 0 Å². The van der Waals surface area contributed by atoms with Crippen LogP contribution in [-0.2, 0) is 0 Å². The van der Waals surface area contributed by atoms with E-state index < -0.39 is 0 Å². The van der Waals surface area contributed by atoms with E-state index >= 15 is 0 Å². The summed E-state index contributed by atoms with van der Waals surface area (Å²) < 4.78 is 1.37. The maximum atomic E-state index is 2.45. The van der Waals surface area contributed by atoms with Gasteiger partial charge in [-0.05, 0) is 0 Å². The van der Waals surface area contributed by atoms with E-state index in [0.29, 0.717) is 0 Å². The van der Waals surface area contributed by atoms with Gasteiger partial charge in [-0.2, -0.15) is 0 Å². The van der Waals surface area contributed by atoms with Crippen LogP contribution in [0, 0.1) is 5.41 Å². The van der Waals surface area contributed by atoms with E-state index in [1.807, 2.05) is 0 Å². The van der Waals surface area contributed by atoms with Crippen LogP contribution in [0.15, 0.2) is 0 Å². The lowest BCUT2D eigenvalue weighted by Gasteiger charge is -2.25. The molecule has 2 heterocycles. The molecule has 2 fully saturated rings. The fourth-order valence-corrected chi connectivity index (χ4v) is 2.55. The Labute approximate surface area is 80.4 Å².